The zero-order chi connectivity index (χ0) is 17.6. The largest absolute Gasteiger partial charge is 0.364 e. The van der Waals surface area contributed by atoms with Gasteiger partial charge in [-0.2, -0.15) is 16.9 Å². The number of fused-ring (bicyclic) bond motifs is 1. The lowest BCUT2D eigenvalue weighted by molar-refractivity contribution is 0.0996. The zero-order valence-corrected chi connectivity index (χ0v) is 16.7. The predicted octanol–water partition coefficient (Wildman–Crippen LogP) is 4.83. The van der Waals surface area contributed by atoms with Crippen LogP contribution in [0.4, 0.5) is 0 Å². The lowest BCUT2D eigenvalue weighted by Gasteiger charge is -2.14. The molecule has 0 aliphatic carbocycles. The molecule has 1 aliphatic heterocycles. The molecule has 2 unspecified atom stereocenters. The number of thiophene rings is 1. The van der Waals surface area contributed by atoms with E-state index in [4.69, 9.17) is 5.73 Å². The van der Waals surface area contributed by atoms with Crippen molar-refractivity contribution in [3.05, 3.63) is 46.2 Å². The van der Waals surface area contributed by atoms with E-state index in [1.54, 1.807) is 11.3 Å². The summed E-state index contributed by atoms with van der Waals surface area (Å²) < 4.78 is 1.88. The average Bonchev–Trinajstić information content (AvgIpc) is 3.21. The molecule has 4 nitrogen and oxygen atoms in total. The van der Waals surface area contributed by atoms with Crippen LogP contribution in [0.5, 0.6) is 0 Å². The molecule has 0 radical (unpaired) electrons. The number of primary amides is 1. The quantitative estimate of drug-likeness (QED) is 0.641. The van der Waals surface area contributed by atoms with E-state index in [2.05, 4.69) is 51.3 Å². The van der Waals surface area contributed by atoms with Crippen molar-refractivity contribution in [2.24, 2.45) is 5.73 Å². The molecule has 1 fully saturated rings. The van der Waals surface area contributed by atoms with Crippen molar-refractivity contribution in [2.45, 2.75) is 24.5 Å². The Balaban J connectivity index is 1.91. The van der Waals surface area contributed by atoms with E-state index in [1.165, 1.54) is 0 Å². The maximum absolute atomic E-state index is 11.8. The van der Waals surface area contributed by atoms with Gasteiger partial charge in [0.25, 0.3) is 5.91 Å². The van der Waals surface area contributed by atoms with E-state index in [1.807, 2.05) is 23.9 Å². The Hall–Kier alpha value is -1.44. The summed E-state index contributed by atoms with van der Waals surface area (Å²) in [6.45, 7) is 2.24. The van der Waals surface area contributed by atoms with Crippen LogP contribution in [0.2, 0.25) is 0 Å². The first-order valence-corrected chi connectivity index (χ1v) is 10.7. The highest BCUT2D eigenvalue weighted by Crippen LogP contribution is 2.44. The summed E-state index contributed by atoms with van der Waals surface area (Å²) in [4.78, 5) is 12.9. The number of halogens is 1. The van der Waals surface area contributed by atoms with Crippen LogP contribution >= 0.6 is 39.0 Å². The van der Waals surface area contributed by atoms with E-state index >= 15 is 0 Å². The number of benzene rings is 1. The number of thioether (sulfide) groups is 1. The monoisotopic (exact) mass is 433 g/mol. The van der Waals surface area contributed by atoms with E-state index in [-0.39, 0.29) is 5.69 Å². The number of amides is 1. The van der Waals surface area contributed by atoms with Gasteiger partial charge in [0.05, 0.1) is 10.4 Å². The maximum Gasteiger partial charge on any atom is 0.270 e. The highest BCUT2D eigenvalue weighted by Gasteiger charge is 2.30. The van der Waals surface area contributed by atoms with Crippen LogP contribution < -0.4 is 5.73 Å². The summed E-state index contributed by atoms with van der Waals surface area (Å²) in [5, 5.41) is 10.1. The van der Waals surface area contributed by atoms with Gasteiger partial charge < -0.3 is 5.73 Å². The molecule has 3 aromatic rings. The van der Waals surface area contributed by atoms with Crippen LogP contribution in [0.1, 0.15) is 35.4 Å². The van der Waals surface area contributed by atoms with E-state index < -0.39 is 5.91 Å². The van der Waals surface area contributed by atoms with Crippen LogP contribution in [0.3, 0.4) is 0 Å². The number of carbonyl (C=O) groups excluding carboxylic acids is 1. The lowest BCUT2D eigenvalue weighted by atomic mass is 9.96. The van der Waals surface area contributed by atoms with Gasteiger partial charge in [-0.25, -0.2) is 0 Å². The van der Waals surface area contributed by atoms with Gasteiger partial charge in [-0.1, -0.05) is 35.0 Å². The van der Waals surface area contributed by atoms with Crippen molar-refractivity contribution < 1.29 is 4.79 Å². The predicted molar refractivity (Wildman–Crippen MR) is 108 cm³/mol. The number of rotatable bonds is 3. The molecule has 2 N–H and O–H groups in total. The summed E-state index contributed by atoms with van der Waals surface area (Å²) in [5.41, 5.74) is 7.91. The highest BCUT2D eigenvalue weighted by molar-refractivity contribution is 9.10. The van der Waals surface area contributed by atoms with Crippen LogP contribution in [0, 0.1) is 0 Å². The number of hydrogen-bond acceptors (Lipinski definition) is 5. The summed E-state index contributed by atoms with van der Waals surface area (Å²) in [6, 6.07) is 10.3. The van der Waals surface area contributed by atoms with Gasteiger partial charge >= 0.3 is 0 Å². The van der Waals surface area contributed by atoms with Gasteiger partial charge in [0.1, 0.15) is 0 Å². The molecular formula is C18H16BrN3OS2. The highest BCUT2D eigenvalue weighted by atomic mass is 79.9. The summed E-state index contributed by atoms with van der Waals surface area (Å²) in [6.07, 6.45) is 1.09. The van der Waals surface area contributed by atoms with Crippen molar-refractivity contribution in [3.8, 4) is 10.4 Å². The van der Waals surface area contributed by atoms with Crippen molar-refractivity contribution in [3.63, 3.8) is 0 Å². The normalized spacial score (nSPS) is 20.2. The van der Waals surface area contributed by atoms with Crippen molar-refractivity contribution in [2.75, 3.05) is 5.75 Å². The second kappa shape index (κ2) is 6.70. The molecule has 25 heavy (non-hydrogen) atoms. The number of carbonyl (C=O) groups is 1. The Kier molecular flexibility index (Phi) is 4.56. The molecule has 0 spiro atoms. The van der Waals surface area contributed by atoms with Gasteiger partial charge in [0.15, 0.2) is 5.69 Å². The van der Waals surface area contributed by atoms with E-state index in [0.29, 0.717) is 11.2 Å². The van der Waals surface area contributed by atoms with Crippen molar-refractivity contribution in [1.82, 2.24) is 10.2 Å². The number of aromatic nitrogens is 2. The molecule has 3 heterocycles. The third-order valence-electron chi connectivity index (χ3n) is 4.57. The van der Waals surface area contributed by atoms with Gasteiger partial charge in [-0.3, -0.25) is 4.79 Å². The van der Waals surface area contributed by atoms with Gasteiger partial charge in [0, 0.05) is 25.9 Å². The Morgan fingerprint density at radius 1 is 1.28 bits per heavy atom. The Morgan fingerprint density at radius 3 is 2.68 bits per heavy atom. The fourth-order valence-corrected chi connectivity index (χ4v) is 5.93. The minimum atomic E-state index is -0.526. The van der Waals surface area contributed by atoms with Crippen LogP contribution in [-0.4, -0.2) is 27.1 Å². The molecule has 1 aromatic carbocycles. The summed E-state index contributed by atoms with van der Waals surface area (Å²) >= 11 is 6.99. The lowest BCUT2D eigenvalue weighted by Crippen LogP contribution is -2.16. The molecule has 2 atom stereocenters. The van der Waals surface area contributed by atoms with Gasteiger partial charge in [-0.05, 0) is 35.9 Å². The maximum atomic E-state index is 11.8. The Bertz CT molecular complexity index is 955. The van der Waals surface area contributed by atoms with Gasteiger partial charge in [0.2, 0.25) is 0 Å². The number of nitrogens with two attached hydrogens (primary N) is 1. The number of nitrogens with zero attached hydrogens (tertiary/aromatic N) is 2. The molecule has 0 bridgehead atoms. The van der Waals surface area contributed by atoms with Gasteiger partial charge in [-0.15, -0.1) is 16.4 Å². The molecule has 1 aliphatic rings. The molecule has 4 rings (SSSR count). The smallest absolute Gasteiger partial charge is 0.270 e. The minimum Gasteiger partial charge on any atom is -0.364 e. The first-order valence-electron chi connectivity index (χ1n) is 8.02. The van der Waals surface area contributed by atoms with Crippen LogP contribution in [0.25, 0.3) is 20.5 Å². The third-order valence-corrected chi connectivity index (χ3v) is 7.62. The van der Waals surface area contributed by atoms with E-state index in [9.17, 15) is 4.79 Å². The standard InChI is InChI=1S/C18H16BrN3OS2/c1-9-12(6-7-24-9)15-13-8-14(10-2-4-11(19)5-3-10)25-17(13)16(18(20)23)22-21-15/h2-5,8-9,12H,6-7H2,1H3,(H2,20,23). The zero-order valence-electron chi connectivity index (χ0n) is 13.5. The summed E-state index contributed by atoms with van der Waals surface area (Å²) in [7, 11) is 0. The van der Waals surface area contributed by atoms with Crippen LogP contribution in [-0.2, 0) is 0 Å². The second-order valence-corrected chi connectivity index (χ2v) is 9.58. The molecule has 1 saturated heterocycles. The molecule has 2 aromatic heterocycles. The average molecular weight is 434 g/mol. The number of hydrogen-bond donors (Lipinski definition) is 1. The Morgan fingerprint density at radius 2 is 2.04 bits per heavy atom. The van der Waals surface area contributed by atoms with Crippen molar-refractivity contribution >= 4 is 55.0 Å². The minimum absolute atomic E-state index is 0.269. The topological polar surface area (TPSA) is 68.9 Å². The van der Waals surface area contributed by atoms with E-state index in [0.717, 1.165) is 42.9 Å². The first kappa shape index (κ1) is 17.0. The SMILES string of the molecule is CC1SCCC1c1nnc(C(N)=O)c2sc(-c3ccc(Br)cc3)cc12. The fourth-order valence-electron chi connectivity index (χ4n) is 3.24. The fraction of sp³-hybridized carbons (Fsp3) is 0.278. The molecule has 128 valence electrons. The van der Waals surface area contributed by atoms with Crippen molar-refractivity contribution in [1.29, 1.82) is 0 Å². The third kappa shape index (κ3) is 3.09. The van der Waals surface area contributed by atoms with Crippen LogP contribution in [0.15, 0.2) is 34.8 Å². The Labute approximate surface area is 162 Å². The summed E-state index contributed by atoms with van der Waals surface area (Å²) in [5.74, 6) is 0.979. The molecule has 1 amide bonds. The second-order valence-electron chi connectivity index (χ2n) is 6.13. The molecule has 7 heteroatoms. The molecule has 0 saturated carbocycles. The first-order chi connectivity index (χ1) is 12.0. The molecular weight excluding hydrogens is 418 g/mol.